The van der Waals surface area contributed by atoms with Crippen LogP contribution in [-0.4, -0.2) is 73.6 Å². The highest BCUT2D eigenvalue weighted by atomic mass is 16.5. The topological polar surface area (TPSA) is 175 Å². The Morgan fingerprint density at radius 2 is 1.80 bits per heavy atom. The quantitative estimate of drug-likeness (QED) is 0.0647. The molecule has 0 fully saturated rings. The Morgan fingerprint density at radius 1 is 1.13 bits per heavy atom. The van der Waals surface area contributed by atoms with Gasteiger partial charge in [0.1, 0.15) is 6.04 Å². The van der Waals surface area contributed by atoms with Gasteiger partial charge in [0.2, 0.25) is 11.8 Å². The summed E-state index contributed by atoms with van der Waals surface area (Å²) in [6, 6.07) is -0.870. The number of hydrogen-bond acceptors (Lipinski definition) is 7. The summed E-state index contributed by atoms with van der Waals surface area (Å²) >= 11 is 0. The monoisotopic (exact) mass is 429 g/mol. The zero-order valence-corrected chi connectivity index (χ0v) is 18.3. The number of rotatable bonds is 14. The van der Waals surface area contributed by atoms with Gasteiger partial charge < -0.3 is 36.5 Å². The number of ether oxygens (including phenoxy) is 1. The van der Waals surface area contributed by atoms with E-state index < -0.39 is 31.0 Å². The molecule has 0 saturated heterocycles. The standard InChI is InChI=1S/C18H36BN5O6/c1-12(2)11-14(19(28)29)24-17(27)13(7-6-10-22-18(20)21-3)23-15(25)8-5-9-16(26)30-4/h12-14,28-29H,5-11H2,1-4H3,(H,23,25)(H,24,27)(H3,20,21,22)/t13-,14-/m0/s1. The van der Waals surface area contributed by atoms with Crippen LogP contribution in [0.4, 0.5) is 0 Å². The van der Waals surface area contributed by atoms with Gasteiger partial charge in [-0.3, -0.25) is 19.4 Å². The van der Waals surface area contributed by atoms with Gasteiger partial charge >= 0.3 is 13.1 Å². The number of carbonyl (C=O) groups is 3. The molecule has 0 radical (unpaired) electrons. The van der Waals surface area contributed by atoms with Crippen molar-refractivity contribution in [3.8, 4) is 0 Å². The molecule has 7 N–H and O–H groups in total. The molecule has 2 amide bonds. The number of nitrogens with two attached hydrogens (primary N) is 1. The smallest absolute Gasteiger partial charge is 0.469 e. The highest BCUT2D eigenvalue weighted by Crippen LogP contribution is 2.08. The number of methoxy groups -OCH3 is 1. The van der Waals surface area contributed by atoms with Crippen molar-refractivity contribution in [2.24, 2.45) is 16.6 Å². The fourth-order valence-corrected chi connectivity index (χ4v) is 2.68. The minimum absolute atomic E-state index is 0.0601. The molecule has 2 atom stereocenters. The van der Waals surface area contributed by atoms with E-state index >= 15 is 0 Å². The first-order chi connectivity index (χ1) is 14.1. The Bertz CT molecular complexity index is 573. The Balaban J connectivity index is 4.91. The maximum atomic E-state index is 12.7. The summed E-state index contributed by atoms with van der Waals surface area (Å²) < 4.78 is 4.53. The van der Waals surface area contributed by atoms with Crippen molar-refractivity contribution in [3.05, 3.63) is 0 Å². The zero-order valence-electron chi connectivity index (χ0n) is 18.3. The van der Waals surface area contributed by atoms with Crippen molar-refractivity contribution in [2.45, 2.75) is 64.4 Å². The number of nitrogens with zero attached hydrogens (tertiary/aromatic N) is 1. The lowest BCUT2D eigenvalue weighted by Crippen LogP contribution is -2.54. The molecule has 0 aromatic carbocycles. The Labute approximate surface area is 178 Å². The predicted molar refractivity (Wildman–Crippen MR) is 114 cm³/mol. The molecule has 0 rings (SSSR count). The van der Waals surface area contributed by atoms with Gasteiger partial charge in [0.05, 0.1) is 13.1 Å². The van der Waals surface area contributed by atoms with Crippen LogP contribution in [0.3, 0.4) is 0 Å². The van der Waals surface area contributed by atoms with Gasteiger partial charge in [-0.25, -0.2) is 0 Å². The van der Waals surface area contributed by atoms with Crippen molar-refractivity contribution >= 4 is 30.9 Å². The Kier molecular flexibility index (Phi) is 14.3. The lowest BCUT2D eigenvalue weighted by Gasteiger charge is -2.24. The van der Waals surface area contributed by atoms with Crippen LogP contribution < -0.4 is 21.7 Å². The molecule has 0 aliphatic carbocycles. The number of aliphatic imine (C=N–C) groups is 1. The molecule has 172 valence electrons. The first-order valence-electron chi connectivity index (χ1n) is 10.1. The fourth-order valence-electron chi connectivity index (χ4n) is 2.68. The first kappa shape index (κ1) is 27.7. The maximum Gasteiger partial charge on any atom is 0.475 e. The normalized spacial score (nSPS) is 13.4. The van der Waals surface area contributed by atoms with Gasteiger partial charge in [-0.2, -0.15) is 0 Å². The van der Waals surface area contributed by atoms with Crippen molar-refractivity contribution in [3.63, 3.8) is 0 Å². The van der Waals surface area contributed by atoms with Gasteiger partial charge in [-0.05, 0) is 31.6 Å². The number of hydrogen-bond donors (Lipinski definition) is 6. The molecule has 0 saturated carbocycles. The SMILES string of the molecule is CN=C(N)NCCC[C@H](NC(=O)CCCC(=O)OC)C(=O)N[C@@H](CC(C)C)B(O)O. The second kappa shape index (κ2) is 15.5. The van der Waals surface area contributed by atoms with E-state index in [-0.39, 0.29) is 30.6 Å². The zero-order chi connectivity index (χ0) is 23.1. The van der Waals surface area contributed by atoms with E-state index in [1.807, 2.05) is 13.8 Å². The molecule has 0 spiro atoms. The summed E-state index contributed by atoms with van der Waals surface area (Å²) in [4.78, 5) is 39.8. The van der Waals surface area contributed by atoms with Crippen LogP contribution in [0.15, 0.2) is 4.99 Å². The van der Waals surface area contributed by atoms with Gasteiger partial charge in [-0.1, -0.05) is 13.8 Å². The van der Waals surface area contributed by atoms with Crippen LogP contribution in [0.2, 0.25) is 0 Å². The van der Waals surface area contributed by atoms with Crippen molar-refractivity contribution < 1.29 is 29.2 Å². The number of carbonyl (C=O) groups excluding carboxylic acids is 3. The van der Waals surface area contributed by atoms with Gasteiger partial charge in [0.25, 0.3) is 0 Å². The summed E-state index contributed by atoms with van der Waals surface area (Å²) in [5.74, 6) is -1.75. The molecule has 12 heteroatoms. The van der Waals surface area contributed by atoms with Crippen LogP contribution in [0, 0.1) is 5.92 Å². The number of guanidine groups is 1. The second-order valence-corrected chi connectivity index (χ2v) is 7.39. The van der Waals surface area contributed by atoms with Crippen molar-refractivity contribution in [1.29, 1.82) is 0 Å². The molecule has 0 aliphatic heterocycles. The summed E-state index contributed by atoms with van der Waals surface area (Å²) in [5.41, 5.74) is 5.56. The average molecular weight is 429 g/mol. The van der Waals surface area contributed by atoms with Crippen LogP contribution >= 0.6 is 0 Å². The third kappa shape index (κ3) is 13.0. The Hall–Kier alpha value is -2.34. The van der Waals surface area contributed by atoms with Crippen molar-refractivity contribution in [2.75, 3.05) is 20.7 Å². The van der Waals surface area contributed by atoms with E-state index in [4.69, 9.17) is 5.73 Å². The minimum atomic E-state index is -1.71. The highest BCUT2D eigenvalue weighted by Gasteiger charge is 2.29. The van der Waals surface area contributed by atoms with Crippen LogP contribution in [0.5, 0.6) is 0 Å². The molecule has 0 unspecified atom stereocenters. The van der Waals surface area contributed by atoms with Gasteiger partial charge in [0.15, 0.2) is 5.96 Å². The highest BCUT2D eigenvalue weighted by molar-refractivity contribution is 6.43. The van der Waals surface area contributed by atoms with E-state index in [0.717, 1.165) is 0 Å². The fraction of sp³-hybridized carbons (Fsp3) is 0.778. The number of nitrogens with one attached hydrogen (secondary N) is 3. The summed E-state index contributed by atoms with van der Waals surface area (Å²) in [5, 5.41) is 27.2. The minimum Gasteiger partial charge on any atom is -0.469 e. The molecule has 11 nitrogen and oxygen atoms in total. The molecule has 0 aromatic rings. The van der Waals surface area contributed by atoms with E-state index in [0.29, 0.717) is 32.2 Å². The molecule has 0 aliphatic rings. The summed E-state index contributed by atoms with van der Waals surface area (Å²) in [6.07, 6.45) is 1.64. The molecule has 0 aromatic heterocycles. The molecular formula is C18H36BN5O6. The van der Waals surface area contributed by atoms with E-state index in [1.165, 1.54) is 7.11 Å². The first-order valence-corrected chi connectivity index (χ1v) is 10.1. The predicted octanol–water partition coefficient (Wildman–Crippen LogP) is -1.33. The van der Waals surface area contributed by atoms with Crippen LogP contribution in [0.25, 0.3) is 0 Å². The molecular weight excluding hydrogens is 393 g/mol. The molecule has 0 bridgehead atoms. The lowest BCUT2D eigenvalue weighted by atomic mass is 9.75. The van der Waals surface area contributed by atoms with E-state index in [9.17, 15) is 24.4 Å². The van der Waals surface area contributed by atoms with Gasteiger partial charge in [0, 0.05) is 26.4 Å². The third-order valence-electron chi connectivity index (χ3n) is 4.29. The largest absolute Gasteiger partial charge is 0.475 e. The molecule has 30 heavy (non-hydrogen) atoms. The van der Waals surface area contributed by atoms with Crippen LogP contribution in [0.1, 0.15) is 52.4 Å². The number of esters is 1. The summed E-state index contributed by atoms with van der Waals surface area (Å²) in [7, 11) is 1.10. The average Bonchev–Trinajstić information content (AvgIpc) is 2.68. The number of amides is 2. The lowest BCUT2D eigenvalue weighted by molar-refractivity contribution is -0.140. The van der Waals surface area contributed by atoms with E-state index in [1.54, 1.807) is 7.05 Å². The summed E-state index contributed by atoms with van der Waals surface area (Å²) in [6.45, 7) is 4.24. The van der Waals surface area contributed by atoms with Crippen molar-refractivity contribution in [1.82, 2.24) is 16.0 Å². The van der Waals surface area contributed by atoms with Crippen LogP contribution in [-0.2, 0) is 19.1 Å². The second-order valence-electron chi connectivity index (χ2n) is 7.39. The van der Waals surface area contributed by atoms with E-state index in [2.05, 4.69) is 25.7 Å². The Morgan fingerprint density at radius 3 is 2.33 bits per heavy atom. The maximum absolute atomic E-state index is 12.7. The molecule has 0 heterocycles. The third-order valence-corrected chi connectivity index (χ3v) is 4.29. The van der Waals surface area contributed by atoms with Gasteiger partial charge in [-0.15, -0.1) is 0 Å².